The maximum absolute atomic E-state index is 13.0. The van der Waals surface area contributed by atoms with Crippen LogP contribution in [0, 0.1) is 0 Å². The van der Waals surface area contributed by atoms with Gasteiger partial charge in [-0.05, 0) is 29.8 Å². The van der Waals surface area contributed by atoms with Gasteiger partial charge >= 0.3 is 6.18 Å². The average Bonchev–Trinajstić information content (AvgIpc) is 2.54. The lowest BCUT2D eigenvalue weighted by Gasteiger charge is -2.21. The van der Waals surface area contributed by atoms with Gasteiger partial charge in [0.05, 0.1) is 0 Å². The van der Waals surface area contributed by atoms with E-state index in [0.717, 1.165) is 12.2 Å². The van der Waals surface area contributed by atoms with Crippen LogP contribution in [0.1, 0.15) is 5.56 Å². The summed E-state index contributed by atoms with van der Waals surface area (Å²) in [6, 6.07) is 14.9. The van der Waals surface area contributed by atoms with Crippen LogP contribution in [0.3, 0.4) is 0 Å². The van der Waals surface area contributed by atoms with Crippen LogP contribution >= 0.6 is 0 Å². The molecule has 1 amide bonds. The van der Waals surface area contributed by atoms with E-state index in [1.54, 1.807) is 48.5 Å². The van der Waals surface area contributed by atoms with E-state index in [1.165, 1.54) is 6.07 Å². The summed E-state index contributed by atoms with van der Waals surface area (Å²) in [7, 11) is 0. The molecule has 0 fully saturated rings. The highest BCUT2D eigenvalue weighted by Gasteiger charge is 2.38. The van der Waals surface area contributed by atoms with Crippen molar-refractivity contribution >= 4 is 17.2 Å². The van der Waals surface area contributed by atoms with Gasteiger partial charge in [-0.2, -0.15) is 13.2 Å². The van der Waals surface area contributed by atoms with Crippen molar-refractivity contribution in [1.82, 2.24) is 0 Å². The Morgan fingerprint density at radius 2 is 1.67 bits per heavy atom. The second-order valence-electron chi connectivity index (χ2n) is 5.06. The minimum atomic E-state index is -4.64. The molecule has 0 saturated carbocycles. The van der Waals surface area contributed by atoms with Crippen LogP contribution in [0.15, 0.2) is 72.5 Å². The van der Waals surface area contributed by atoms with E-state index in [9.17, 15) is 18.0 Å². The summed E-state index contributed by atoms with van der Waals surface area (Å²) in [5, 5.41) is 2.61. The highest BCUT2D eigenvalue weighted by Crippen LogP contribution is 2.39. The number of fused-ring (bicyclic) bond motifs is 1. The Labute approximate surface area is 136 Å². The molecule has 0 radical (unpaired) electrons. The smallest absolute Gasteiger partial charge is 0.449 e. The Kier molecular flexibility index (Phi) is 4.12. The third kappa shape index (κ3) is 3.48. The zero-order chi connectivity index (χ0) is 17.2. The molecule has 0 bridgehead atoms. The number of rotatable bonds is 2. The summed E-state index contributed by atoms with van der Waals surface area (Å²) >= 11 is 0. The average molecular weight is 331 g/mol. The molecule has 0 saturated heterocycles. The normalized spacial score (nSPS) is 15.3. The summed E-state index contributed by atoms with van der Waals surface area (Å²) in [5.41, 5.74) is 1.12. The van der Waals surface area contributed by atoms with Gasteiger partial charge in [-0.1, -0.05) is 36.4 Å². The van der Waals surface area contributed by atoms with Gasteiger partial charge in [0.1, 0.15) is 5.75 Å². The number of hydrogen-bond donors (Lipinski definition) is 1. The largest absolute Gasteiger partial charge is 0.451 e. The van der Waals surface area contributed by atoms with Gasteiger partial charge in [0, 0.05) is 17.3 Å². The SMILES string of the molecule is O=C(/C=C1\C=C(C(F)(F)F)Oc2ccccc21)Nc1ccccc1. The molecule has 2 aromatic rings. The number of amides is 1. The van der Waals surface area contributed by atoms with Gasteiger partial charge in [-0.25, -0.2) is 0 Å². The van der Waals surface area contributed by atoms with Gasteiger partial charge in [-0.15, -0.1) is 0 Å². The van der Waals surface area contributed by atoms with Crippen molar-refractivity contribution < 1.29 is 22.7 Å². The predicted octanol–water partition coefficient (Wildman–Crippen LogP) is 4.55. The van der Waals surface area contributed by atoms with Crippen molar-refractivity contribution in [1.29, 1.82) is 0 Å². The Balaban J connectivity index is 1.95. The number of carbonyl (C=O) groups is 1. The fourth-order valence-electron chi connectivity index (χ4n) is 2.26. The molecule has 0 spiro atoms. The van der Waals surface area contributed by atoms with Crippen molar-refractivity contribution in [3.63, 3.8) is 0 Å². The number of anilines is 1. The van der Waals surface area contributed by atoms with Crippen LogP contribution in [0.4, 0.5) is 18.9 Å². The zero-order valence-electron chi connectivity index (χ0n) is 12.3. The number of carbonyl (C=O) groups excluding carboxylic acids is 1. The number of alkyl halides is 3. The second kappa shape index (κ2) is 6.23. The molecule has 0 atom stereocenters. The summed E-state index contributed by atoms with van der Waals surface area (Å²) in [6.45, 7) is 0. The van der Waals surface area contributed by atoms with Crippen molar-refractivity contribution in [2.75, 3.05) is 5.32 Å². The number of hydrogen-bond acceptors (Lipinski definition) is 2. The Morgan fingerprint density at radius 3 is 2.38 bits per heavy atom. The lowest BCUT2D eigenvalue weighted by Crippen LogP contribution is -2.20. The van der Waals surface area contributed by atoms with E-state index in [4.69, 9.17) is 4.74 Å². The molecule has 6 heteroatoms. The number of halogens is 3. The standard InChI is InChI=1S/C18H12F3NO2/c19-18(20,21)16-10-12(14-8-4-5-9-15(14)24-16)11-17(23)22-13-6-2-1-3-7-13/h1-11H,(H,22,23)/b12-11+. The van der Waals surface area contributed by atoms with E-state index in [1.807, 2.05) is 0 Å². The second-order valence-corrected chi connectivity index (χ2v) is 5.06. The molecule has 0 aromatic heterocycles. The van der Waals surface area contributed by atoms with E-state index in [-0.39, 0.29) is 11.3 Å². The van der Waals surface area contributed by atoms with Crippen LogP contribution in [-0.4, -0.2) is 12.1 Å². The topological polar surface area (TPSA) is 38.3 Å². The van der Waals surface area contributed by atoms with Gasteiger partial charge in [-0.3, -0.25) is 4.79 Å². The van der Waals surface area contributed by atoms with Gasteiger partial charge in [0.15, 0.2) is 0 Å². The molecular formula is C18H12F3NO2. The van der Waals surface area contributed by atoms with Crippen LogP contribution in [0.25, 0.3) is 5.57 Å². The maximum atomic E-state index is 13.0. The van der Waals surface area contributed by atoms with Crippen molar-refractivity contribution in [3.05, 3.63) is 78.1 Å². The molecule has 0 aliphatic carbocycles. The number of nitrogens with one attached hydrogen (secondary N) is 1. The molecule has 24 heavy (non-hydrogen) atoms. The summed E-state index contributed by atoms with van der Waals surface area (Å²) in [6.07, 6.45) is -2.68. The van der Waals surface area contributed by atoms with Crippen LogP contribution in [-0.2, 0) is 4.79 Å². The van der Waals surface area contributed by atoms with Crippen molar-refractivity contribution in [2.45, 2.75) is 6.18 Å². The molecule has 0 unspecified atom stereocenters. The Hall–Kier alpha value is -3.02. The van der Waals surface area contributed by atoms with Crippen molar-refractivity contribution in [2.24, 2.45) is 0 Å². The highest BCUT2D eigenvalue weighted by molar-refractivity contribution is 6.06. The highest BCUT2D eigenvalue weighted by atomic mass is 19.4. The van der Waals surface area contributed by atoms with Crippen LogP contribution < -0.4 is 10.1 Å². The molecule has 3 rings (SSSR count). The van der Waals surface area contributed by atoms with Crippen molar-refractivity contribution in [3.8, 4) is 5.75 Å². The number of benzene rings is 2. The monoisotopic (exact) mass is 331 g/mol. The first-order valence-electron chi connectivity index (χ1n) is 7.07. The zero-order valence-corrected chi connectivity index (χ0v) is 12.3. The molecule has 1 aliphatic heterocycles. The van der Waals surface area contributed by atoms with Crippen LogP contribution in [0.5, 0.6) is 5.75 Å². The van der Waals surface area contributed by atoms with E-state index < -0.39 is 17.8 Å². The molecule has 3 nitrogen and oxygen atoms in total. The fourth-order valence-corrected chi connectivity index (χ4v) is 2.26. The van der Waals surface area contributed by atoms with Gasteiger partial charge in [0.25, 0.3) is 0 Å². The summed E-state index contributed by atoms with van der Waals surface area (Å²) in [5.74, 6) is -1.61. The Morgan fingerprint density at radius 1 is 1.00 bits per heavy atom. The van der Waals surface area contributed by atoms with Crippen LogP contribution in [0.2, 0.25) is 0 Å². The lowest BCUT2D eigenvalue weighted by atomic mass is 10.0. The number of allylic oxidation sites excluding steroid dienone is 3. The van der Waals surface area contributed by atoms with E-state index in [2.05, 4.69) is 5.32 Å². The molecule has 2 aromatic carbocycles. The fraction of sp³-hybridized carbons (Fsp3) is 0.0556. The Bertz CT molecular complexity index is 824. The molecule has 1 heterocycles. The third-order valence-corrected chi connectivity index (χ3v) is 3.31. The summed E-state index contributed by atoms with van der Waals surface area (Å²) in [4.78, 5) is 12.1. The molecule has 1 N–H and O–H groups in total. The number of ether oxygens (including phenoxy) is 1. The first-order valence-corrected chi connectivity index (χ1v) is 7.07. The predicted molar refractivity (Wildman–Crippen MR) is 84.3 cm³/mol. The minimum Gasteiger partial charge on any atom is -0.451 e. The third-order valence-electron chi connectivity index (χ3n) is 3.31. The number of para-hydroxylation sites is 2. The van der Waals surface area contributed by atoms with Gasteiger partial charge < -0.3 is 10.1 Å². The van der Waals surface area contributed by atoms with E-state index in [0.29, 0.717) is 11.3 Å². The molecule has 1 aliphatic rings. The summed E-state index contributed by atoms with van der Waals surface area (Å²) < 4.78 is 43.8. The van der Waals surface area contributed by atoms with E-state index >= 15 is 0 Å². The lowest BCUT2D eigenvalue weighted by molar-refractivity contribution is -0.116. The molecule has 122 valence electrons. The first kappa shape index (κ1) is 15.9. The first-order chi connectivity index (χ1) is 11.4. The van der Waals surface area contributed by atoms with Gasteiger partial charge in [0.2, 0.25) is 11.7 Å². The molecular weight excluding hydrogens is 319 g/mol. The minimum absolute atomic E-state index is 0.0612. The maximum Gasteiger partial charge on any atom is 0.449 e. The quantitative estimate of drug-likeness (QED) is 0.820.